The Kier molecular flexibility index (Phi) is 29.5. The van der Waals surface area contributed by atoms with Gasteiger partial charge in [-0.2, -0.15) is 0 Å². The topological polar surface area (TPSA) is 102 Å². The second-order valence-corrected chi connectivity index (χ2v) is 16.3. The molecule has 7 nitrogen and oxygen atoms in total. The van der Waals surface area contributed by atoms with Gasteiger partial charge in [0.15, 0.2) is 11.5 Å². The molecule has 2 rings (SSSR count). The second-order valence-electron chi connectivity index (χ2n) is 16.3. The molecule has 0 aliphatic carbocycles. The minimum Gasteiger partial charge on any atom is -0.490 e. The molecular weight excluding hydrogens is 713 g/mol. The van der Waals surface area contributed by atoms with Gasteiger partial charge >= 0.3 is 11.9 Å². The lowest BCUT2D eigenvalue weighted by atomic mass is 9.99. The van der Waals surface area contributed by atoms with Gasteiger partial charge in [0.25, 0.3) is 0 Å². The van der Waals surface area contributed by atoms with Crippen molar-refractivity contribution < 1.29 is 34.0 Å². The zero-order valence-electron chi connectivity index (χ0n) is 36.7. The fraction of sp³-hybridized carbons (Fsp3) is 0.720. The van der Waals surface area contributed by atoms with E-state index in [0.717, 1.165) is 38.5 Å². The predicted octanol–water partition coefficient (Wildman–Crippen LogP) is 15.6. The number of unbranched alkanes of at least 4 members (excludes halogenated alkanes) is 27. The molecule has 0 aliphatic rings. The molecule has 2 N–H and O–H groups in total. The highest BCUT2D eigenvalue weighted by Crippen LogP contribution is 2.43. The third-order valence-corrected chi connectivity index (χ3v) is 11.0. The van der Waals surface area contributed by atoms with Gasteiger partial charge in [0.1, 0.15) is 0 Å². The third kappa shape index (κ3) is 23.7. The SMILES string of the molecule is CCCCCCCCCCCCOc1cc(-c2cc(C(=O)O)cc(C(=O)O)c2)cc(OCCCCCCCCCCCC)c1OCCCCCCCCCCCC. The van der Waals surface area contributed by atoms with Crippen LogP contribution in [0.15, 0.2) is 30.3 Å². The maximum Gasteiger partial charge on any atom is 0.335 e. The summed E-state index contributed by atoms with van der Waals surface area (Å²) in [6, 6.07) is 7.97. The van der Waals surface area contributed by atoms with E-state index in [1.807, 2.05) is 12.1 Å². The Bertz CT molecular complexity index is 1240. The first-order valence-electron chi connectivity index (χ1n) is 23.6. The molecule has 324 valence electrons. The highest BCUT2D eigenvalue weighted by Gasteiger charge is 2.19. The van der Waals surface area contributed by atoms with Crippen LogP contribution < -0.4 is 14.2 Å². The van der Waals surface area contributed by atoms with Crippen molar-refractivity contribution in [2.45, 2.75) is 213 Å². The molecule has 0 heterocycles. The van der Waals surface area contributed by atoms with Gasteiger partial charge in [-0.05, 0) is 60.7 Å². The summed E-state index contributed by atoms with van der Waals surface area (Å²) >= 11 is 0. The van der Waals surface area contributed by atoms with Crippen LogP contribution in [0.1, 0.15) is 234 Å². The Morgan fingerprint density at radius 2 is 0.632 bits per heavy atom. The molecule has 0 bridgehead atoms. The molecule has 0 amide bonds. The summed E-state index contributed by atoms with van der Waals surface area (Å²) in [5, 5.41) is 19.6. The summed E-state index contributed by atoms with van der Waals surface area (Å²) in [5.74, 6) is -0.643. The lowest BCUT2D eigenvalue weighted by molar-refractivity contribution is 0.0696. The fourth-order valence-electron chi connectivity index (χ4n) is 7.45. The highest BCUT2D eigenvalue weighted by atomic mass is 16.5. The highest BCUT2D eigenvalue weighted by molar-refractivity contribution is 5.96. The summed E-state index contributed by atoms with van der Waals surface area (Å²) in [5.41, 5.74) is 0.975. The zero-order chi connectivity index (χ0) is 41.2. The molecule has 0 radical (unpaired) electrons. The third-order valence-electron chi connectivity index (χ3n) is 11.0. The Morgan fingerprint density at radius 1 is 0.368 bits per heavy atom. The summed E-state index contributed by atoms with van der Waals surface area (Å²) in [7, 11) is 0. The van der Waals surface area contributed by atoms with Crippen molar-refractivity contribution >= 4 is 11.9 Å². The second kappa shape index (κ2) is 33.7. The molecule has 0 atom stereocenters. The normalized spacial score (nSPS) is 11.2. The maximum atomic E-state index is 12.0. The molecule has 2 aromatic carbocycles. The first-order valence-corrected chi connectivity index (χ1v) is 23.6. The van der Waals surface area contributed by atoms with Gasteiger partial charge in [0.05, 0.1) is 30.9 Å². The van der Waals surface area contributed by atoms with E-state index in [1.54, 1.807) is 0 Å². The van der Waals surface area contributed by atoms with Crippen LogP contribution in [-0.4, -0.2) is 42.0 Å². The largest absolute Gasteiger partial charge is 0.490 e. The molecule has 0 spiro atoms. The summed E-state index contributed by atoms with van der Waals surface area (Å²) < 4.78 is 19.5. The van der Waals surface area contributed by atoms with Crippen molar-refractivity contribution in [1.29, 1.82) is 0 Å². The smallest absolute Gasteiger partial charge is 0.335 e. The number of ether oxygens (including phenoxy) is 3. The number of carboxylic acid groups (broad SMARTS) is 2. The van der Waals surface area contributed by atoms with Crippen LogP contribution in [0.2, 0.25) is 0 Å². The van der Waals surface area contributed by atoms with Gasteiger partial charge in [0, 0.05) is 0 Å². The molecule has 0 saturated carbocycles. The van der Waals surface area contributed by atoms with Crippen LogP contribution in [0.4, 0.5) is 0 Å². The minimum atomic E-state index is -1.18. The van der Waals surface area contributed by atoms with Crippen LogP contribution in [0, 0.1) is 0 Å². The van der Waals surface area contributed by atoms with Crippen molar-refractivity contribution in [2.75, 3.05) is 19.8 Å². The number of carboxylic acids is 2. The quantitative estimate of drug-likeness (QED) is 0.0650. The van der Waals surface area contributed by atoms with E-state index in [4.69, 9.17) is 14.2 Å². The van der Waals surface area contributed by atoms with E-state index in [9.17, 15) is 19.8 Å². The van der Waals surface area contributed by atoms with Gasteiger partial charge in [0.2, 0.25) is 5.75 Å². The van der Waals surface area contributed by atoms with Crippen LogP contribution in [0.5, 0.6) is 17.2 Å². The Labute approximate surface area is 348 Å². The van der Waals surface area contributed by atoms with Crippen molar-refractivity contribution in [3.63, 3.8) is 0 Å². The van der Waals surface area contributed by atoms with Crippen LogP contribution in [-0.2, 0) is 0 Å². The van der Waals surface area contributed by atoms with Crippen molar-refractivity contribution in [2.24, 2.45) is 0 Å². The molecule has 0 unspecified atom stereocenters. The van der Waals surface area contributed by atoms with E-state index in [0.29, 0.717) is 48.2 Å². The van der Waals surface area contributed by atoms with Crippen LogP contribution in [0.3, 0.4) is 0 Å². The van der Waals surface area contributed by atoms with Gasteiger partial charge in [-0.1, -0.05) is 194 Å². The molecule has 7 heteroatoms. The maximum absolute atomic E-state index is 12.0. The van der Waals surface area contributed by atoms with E-state index in [1.165, 1.54) is 172 Å². The predicted molar refractivity (Wildman–Crippen MR) is 238 cm³/mol. The van der Waals surface area contributed by atoms with E-state index in [2.05, 4.69) is 20.8 Å². The molecule has 2 aromatic rings. The first-order chi connectivity index (χ1) is 27.9. The Balaban J connectivity index is 2.19. The minimum absolute atomic E-state index is 0.0770. The average Bonchev–Trinajstić information content (AvgIpc) is 3.21. The van der Waals surface area contributed by atoms with Gasteiger partial charge < -0.3 is 24.4 Å². The van der Waals surface area contributed by atoms with E-state index < -0.39 is 11.9 Å². The first kappa shape index (κ1) is 49.9. The van der Waals surface area contributed by atoms with Crippen molar-refractivity contribution in [3.05, 3.63) is 41.5 Å². The van der Waals surface area contributed by atoms with Crippen LogP contribution >= 0.6 is 0 Å². The molecule has 0 saturated heterocycles. The number of aromatic carboxylic acids is 2. The lowest BCUT2D eigenvalue weighted by Crippen LogP contribution is -2.07. The Morgan fingerprint density at radius 3 is 0.930 bits per heavy atom. The summed E-state index contributed by atoms with van der Waals surface area (Å²) in [6.45, 7) is 8.38. The molecular formula is C50H82O7. The number of benzene rings is 2. The van der Waals surface area contributed by atoms with Crippen molar-refractivity contribution in [1.82, 2.24) is 0 Å². The zero-order valence-corrected chi connectivity index (χ0v) is 36.7. The Hall–Kier alpha value is -3.22. The number of hydrogen-bond donors (Lipinski definition) is 2. The van der Waals surface area contributed by atoms with Crippen molar-refractivity contribution in [3.8, 4) is 28.4 Å². The monoisotopic (exact) mass is 795 g/mol. The van der Waals surface area contributed by atoms with E-state index >= 15 is 0 Å². The molecule has 0 aromatic heterocycles. The van der Waals surface area contributed by atoms with Gasteiger partial charge in [-0.3, -0.25) is 0 Å². The number of hydrogen-bond acceptors (Lipinski definition) is 5. The number of carbonyl (C=O) groups is 2. The molecule has 57 heavy (non-hydrogen) atoms. The lowest BCUT2D eigenvalue weighted by Gasteiger charge is -2.19. The number of rotatable bonds is 39. The van der Waals surface area contributed by atoms with Gasteiger partial charge in [-0.15, -0.1) is 0 Å². The van der Waals surface area contributed by atoms with E-state index in [-0.39, 0.29) is 11.1 Å². The molecule has 0 aliphatic heterocycles. The van der Waals surface area contributed by atoms with Crippen LogP contribution in [0.25, 0.3) is 11.1 Å². The standard InChI is InChI=1S/C50H82O7/c1-4-7-10-13-16-19-22-25-28-31-34-55-46-40-43(42-37-44(49(51)52)39-45(38-42)50(53)54)41-47(56-35-32-29-26-23-20-17-14-11-8-5-2)48(46)57-36-33-30-27-24-21-18-15-12-9-6-3/h37-41H,4-36H2,1-3H3,(H,51,52)(H,53,54). The average molecular weight is 795 g/mol. The van der Waals surface area contributed by atoms with Gasteiger partial charge in [-0.25, -0.2) is 9.59 Å². The fourth-order valence-corrected chi connectivity index (χ4v) is 7.45. The molecule has 0 fully saturated rings. The summed E-state index contributed by atoms with van der Waals surface area (Å²) in [6.07, 6.45) is 37.1. The summed E-state index contributed by atoms with van der Waals surface area (Å²) in [4.78, 5) is 24.0.